The molecule has 3 heterocycles. The van der Waals surface area contributed by atoms with Crippen LogP contribution in [0.1, 0.15) is 16.1 Å². The number of rotatable bonds is 8. The quantitative estimate of drug-likeness (QED) is 0.367. The number of carboxylic acid groups (broad SMARTS) is 1. The van der Waals surface area contributed by atoms with Gasteiger partial charge in [0.2, 0.25) is 0 Å². The number of halogens is 2. The number of fused-ring (bicyclic) bond motifs is 1. The highest BCUT2D eigenvalue weighted by Crippen LogP contribution is 2.43. The summed E-state index contributed by atoms with van der Waals surface area (Å²) >= 11 is 6.10. The fraction of sp³-hybridized carbons (Fsp3) is 0.261. The number of carbonyl (C=O) groups excluding carboxylic acids is 1. The molecule has 0 atom stereocenters. The van der Waals surface area contributed by atoms with Crippen LogP contribution in [0, 0.1) is 5.82 Å². The molecule has 3 aromatic rings. The van der Waals surface area contributed by atoms with Gasteiger partial charge in [0.15, 0.2) is 5.75 Å². The third kappa shape index (κ3) is 4.80. The van der Waals surface area contributed by atoms with E-state index in [1.54, 1.807) is 12.3 Å². The van der Waals surface area contributed by atoms with Crippen molar-refractivity contribution in [1.82, 2.24) is 20.2 Å². The number of hydrogen-bond donors (Lipinski definition) is 4. The van der Waals surface area contributed by atoms with Gasteiger partial charge in [0.25, 0.3) is 5.91 Å². The maximum absolute atomic E-state index is 14.0. The molecule has 1 aromatic carbocycles. The van der Waals surface area contributed by atoms with Gasteiger partial charge in [-0.05, 0) is 18.2 Å². The second kappa shape index (κ2) is 10.1. The van der Waals surface area contributed by atoms with Crippen molar-refractivity contribution in [3.05, 3.63) is 52.7 Å². The van der Waals surface area contributed by atoms with Crippen LogP contribution < -0.4 is 20.1 Å². The number of nitrogens with zero attached hydrogens (tertiary/aromatic N) is 2. The van der Waals surface area contributed by atoms with Crippen molar-refractivity contribution in [3.8, 4) is 22.8 Å². The van der Waals surface area contributed by atoms with E-state index in [1.165, 1.54) is 32.5 Å². The van der Waals surface area contributed by atoms with Gasteiger partial charge in [-0.25, -0.2) is 9.18 Å². The Hall–Kier alpha value is -3.99. The average Bonchev–Trinajstić information content (AvgIpc) is 3.21. The Morgan fingerprint density at radius 2 is 2.17 bits per heavy atom. The van der Waals surface area contributed by atoms with Crippen molar-refractivity contribution < 1.29 is 28.6 Å². The molecular weight excluding hydrogens is 481 g/mol. The zero-order valence-corrected chi connectivity index (χ0v) is 19.7. The molecule has 0 aliphatic carbocycles. The van der Waals surface area contributed by atoms with Gasteiger partial charge in [0, 0.05) is 37.5 Å². The molecule has 0 saturated carbocycles. The zero-order valence-electron chi connectivity index (χ0n) is 18.9. The van der Waals surface area contributed by atoms with Crippen LogP contribution in [0.2, 0.25) is 5.02 Å². The summed E-state index contributed by atoms with van der Waals surface area (Å²) in [6.45, 7) is 0.703. The first-order valence-corrected chi connectivity index (χ1v) is 11.0. The van der Waals surface area contributed by atoms with E-state index in [2.05, 4.69) is 20.6 Å². The summed E-state index contributed by atoms with van der Waals surface area (Å²) in [6, 6.07) is 4.38. The third-order valence-electron chi connectivity index (χ3n) is 5.54. The highest BCUT2D eigenvalue weighted by molar-refractivity contribution is 6.32. The summed E-state index contributed by atoms with van der Waals surface area (Å²) < 4.78 is 25.2. The Labute approximate surface area is 205 Å². The molecule has 12 heteroatoms. The van der Waals surface area contributed by atoms with E-state index >= 15 is 0 Å². The van der Waals surface area contributed by atoms with Gasteiger partial charge >= 0.3 is 6.09 Å². The number of benzene rings is 1. The average molecular weight is 504 g/mol. The lowest BCUT2D eigenvalue weighted by Crippen LogP contribution is -2.31. The predicted molar refractivity (Wildman–Crippen MR) is 127 cm³/mol. The Bertz CT molecular complexity index is 1280. The number of carbonyl (C=O) groups is 2. The molecule has 35 heavy (non-hydrogen) atoms. The number of pyridine rings is 1. The number of methoxy groups -OCH3 is 1. The van der Waals surface area contributed by atoms with E-state index in [1.807, 2.05) is 0 Å². The first-order valence-electron chi connectivity index (χ1n) is 10.6. The SMILES string of the molecule is COc1c(Nc2c(-c3ccncc3OCCN(C)C(=O)O)[nH]c3c2C(=O)NCC3)ccc(F)c1Cl. The predicted octanol–water partition coefficient (Wildman–Crippen LogP) is 3.90. The monoisotopic (exact) mass is 503 g/mol. The van der Waals surface area contributed by atoms with E-state index in [-0.39, 0.29) is 29.8 Å². The van der Waals surface area contributed by atoms with Crippen molar-refractivity contribution in [2.24, 2.45) is 0 Å². The molecule has 1 aliphatic rings. The summed E-state index contributed by atoms with van der Waals surface area (Å²) in [5.74, 6) is -0.438. The van der Waals surface area contributed by atoms with Crippen molar-refractivity contribution in [2.45, 2.75) is 6.42 Å². The fourth-order valence-corrected chi connectivity index (χ4v) is 4.00. The van der Waals surface area contributed by atoms with Crippen LogP contribution in [-0.2, 0) is 6.42 Å². The number of hydrogen-bond acceptors (Lipinski definition) is 6. The highest BCUT2D eigenvalue weighted by atomic mass is 35.5. The zero-order chi connectivity index (χ0) is 25.1. The number of ether oxygens (including phenoxy) is 2. The maximum atomic E-state index is 14.0. The van der Waals surface area contributed by atoms with Gasteiger partial charge in [-0.3, -0.25) is 9.78 Å². The first kappa shape index (κ1) is 24.1. The summed E-state index contributed by atoms with van der Waals surface area (Å²) in [4.78, 5) is 32.4. The van der Waals surface area contributed by atoms with Crippen LogP contribution in [0.5, 0.6) is 11.5 Å². The summed E-state index contributed by atoms with van der Waals surface area (Å²) in [5, 5.41) is 14.9. The summed E-state index contributed by atoms with van der Waals surface area (Å²) in [6.07, 6.45) is 2.59. The van der Waals surface area contributed by atoms with Gasteiger partial charge in [0.05, 0.1) is 42.5 Å². The molecule has 0 radical (unpaired) electrons. The maximum Gasteiger partial charge on any atom is 0.407 e. The van der Waals surface area contributed by atoms with E-state index < -0.39 is 11.9 Å². The highest BCUT2D eigenvalue weighted by Gasteiger charge is 2.29. The molecule has 2 amide bonds. The molecule has 4 rings (SSSR count). The van der Waals surface area contributed by atoms with E-state index in [9.17, 15) is 14.0 Å². The lowest BCUT2D eigenvalue weighted by atomic mass is 10.0. The Morgan fingerprint density at radius 1 is 1.37 bits per heavy atom. The molecule has 0 unspecified atom stereocenters. The smallest absolute Gasteiger partial charge is 0.407 e. The molecule has 10 nitrogen and oxygen atoms in total. The minimum Gasteiger partial charge on any atom is -0.493 e. The Balaban J connectivity index is 1.77. The lowest BCUT2D eigenvalue weighted by Gasteiger charge is -2.18. The number of nitrogens with one attached hydrogen (secondary N) is 3. The van der Waals surface area contributed by atoms with Crippen LogP contribution in [0.25, 0.3) is 11.3 Å². The fourth-order valence-electron chi connectivity index (χ4n) is 3.76. The molecule has 184 valence electrons. The topological polar surface area (TPSA) is 129 Å². The first-order chi connectivity index (χ1) is 16.8. The second-order valence-electron chi connectivity index (χ2n) is 7.73. The molecule has 2 aromatic heterocycles. The Morgan fingerprint density at radius 3 is 2.91 bits per heavy atom. The molecular formula is C23H23ClFN5O5. The van der Waals surface area contributed by atoms with Crippen molar-refractivity contribution in [3.63, 3.8) is 0 Å². The van der Waals surface area contributed by atoms with E-state index in [0.29, 0.717) is 52.6 Å². The van der Waals surface area contributed by atoms with Gasteiger partial charge in [-0.2, -0.15) is 0 Å². The van der Waals surface area contributed by atoms with Gasteiger partial charge in [-0.1, -0.05) is 11.6 Å². The molecule has 0 bridgehead atoms. The molecule has 0 saturated heterocycles. The van der Waals surface area contributed by atoms with Crippen LogP contribution in [0.15, 0.2) is 30.6 Å². The van der Waals surface area contributed by atoms with Gasteiger partial charge in [-0.15, -0.1) is 0 Å². The number of H-pyrrole nitrogens is 1. The second-order valence-corrected chi connectivity index (χ2v) is 8.10. The summed E-state index contributed by atoms with van der Waals surface area (Å²) in [7, 11) is 2.81. The number of likely N-dealkylation sites (N-methyl/N-ethyl adjacent to an activating group) is 1. The normalized spacial score (nSPS) is 12.5. The van der Waals surface area contributed by atoms with E-state index in [4.69, 9.17) is 26.2 Å². The van der Waals surface area contributed by atoms with Crippen molar-refractivity contribution in [2.75, 3.05) is 39.2 Å². The molecule has 0 spiro atoms. The number of aromatic amines is 1. The minimum absolute atomic E-state index is 0.0895. The van der Waals surface area contributed by atoms with Crippen LogP contribution in [-0.4, -0.2) is 65.8 Å². The third-order valence-corrected chi connectivity index (χ3v) is 5.90. The van der Waals surface area contributed by atoms with E-state index in [0.717, 1.165) is 4.90 Å². The van der Waals surface area contributed by atoms with Crippen molar-refractivity contribution in [1.29, 1.82) is 0 Å². The molecule has 0 fully saturated rings. The largest absolute Gasteiger partial charge is 0.493 e. The van der Waals surface area contributed by atoms with Crippen molar-refractivity contribution >= 4 is 35.0 Å². The minimum atomic E-state index is -1.07. The van der Waals surface area contributed by atoms with Crippen LogP contribution in [0.3, 0.4) is 0 Å². The standard InChI is InChI=1S/C23H23ClFN5O5/c1-30(23(32)33)9-10-35-16-11-26-7-5-12(16)19-20(17-14(28-19)6-8-27-22(17)31)29-15-4-3-13(25)18(24)21(15)34-2/h3-5,7,11,28-29H,6,8-10H2,1-2H3,(H,27,31)(H,32,33). The van der Waals surface area contributed by atoms with Crippen LogP contribution in [0.4, 0.5) is 20.6 Å². The van der Waals surface area contributed by atoms with Gasteiger partial charge < -0.3 is 35.1 Å². The number of amides is 2. The van der Waals surface area contributed by atoms with Gasteiger partial charge in [0.1, 0.15) is 23.2 Å². The number of aromatic nitrogens is 2. The molecule has 4 N–H and O–H groups in total. The lowest BCUT2D eigenvalue weighted by molar-refractivity contribution is 0.0946. The van der Waals surface area contributed by atoms with Crippen LogP contribution >= 0.6 is 11.6 Å². The number of anilines is 2. The molecule has 1 aliphatic heterocycles. The summed E-state index contributed by atoms with van der Waals surface area (Å²) in [5.41, 5.74) is 3.04. The Kier molecular flexibility index (Phi) is 6.97.